The van der Waals surface area contributed by atoms with Crippen molar-refractivity contribution in [1.82, 2.24) is 5.32 Å². The first-order valence-electron chi connectivity index (χ1n) is 5.26. The van der Waals surface area contributed by atoms with E-state index in [2.05, 4.69) is 63.2 Å². The topological polar surface area (TPSA) is 12.0 Å². The van der Waals surface area contributed by atoms with Crippen LogP contribution in [0.1, 0.15) is 24.1 Å². The van der Waals surface area contributed by atoms with Crippen LogP contribution in [-0.2, 0) is 6.54 Å². The summed E-state index contributed by atoms with van der Waals surface area (Å²) >= 11 is 5.32. The molecule has 2 rings (SSSR count). The lowest BCUT2D eigenvalue weighted by Crippen LogP contribution is -2.18. The molecule has 0 saturated heterocycles. The molecule has 0 unspecified atom stereocenters. The predicted molar refractivity (Wildman–Crippen MR) is 73.7 cm³/mol. The van der Waals surface area contributed by atoms with Crippen molar-refractivity contribution < 1.29 is 0 Å². The molecule has 0 fully saturated rings. The van der Waals surface area contributed by atoms with Gasteiger partial charge in [-0.15, -0.1) is 0 Å². The molecule has 1 N–H and O–H groups in total. The first kappa shape index (κ1) is 11.8. The number of hydrogen-bond donors (Lipinski definition) is 1. The molecule has 0 bridgehead atoms. The Morgan fingerprint density at radius 1 is 1.31 bits per heavy atom. The van der Waals surface area contributed by atoms with E-state index < -0.39 is 0 Å². The molecule has 0 saturated carbocycles. The summed E-state index contributed by atoms with van der Waals surface area (Å²) in [4.78, 5) is 0. The van der Waals surface area contributed by atoms with Gasteiger partial charge in [-0.25, -0.2) is 0 Å². The van der Waals surface area contributed by atoms with E-state index in [0.29, 0.717) is 6.04 Å². The number of thiophene rings is 1. The Hall–Kier alpha value is -0.640. The molecule has 0 aliphatic carbocycles. The summed E-state index contributed by atoms with van der Waals surface area (Å²) in [5.74, 6) is 0. The number of halogens is 1. The van der Waals surface area contributed by atoms with Crippen LogP contribution in [0, 0.1) is 0 Å². The molecule has 84 valence electrons. The van der Waals surface area contributed by atoms with Crippen LogP contribution in [0.2, 0.25) is 0 Å². The van der Waals surface area contributed by atoms with Gasteiger partial charge in [0.05, 0.1) is 0 Å². The van der Waals surface area contributed by atoms with E-state index in [4.69, 9.17) is 0 Å². The minimum Gasteiger partial charge on any atom is -0.306 e. The summed E-state index contributed by atoms with van der Waals surface area (Å²) in [6.45, 7) is 3.11. The van der Waals surface area contributed by atoms with Crippen LogP contribution in [0.5, 0.6) is 0 Å². The third kappa shape index (κ3) is 2.94. The van der Waals surface area contributed by atoms with E-state index in [0.717, 1.165) is 6.54 Å². The zero-order chi connectivity index (χ0) is 11.4. The SMILES string of the molecule is C[C@H](NCc1ccsc1)c1ccccc1Br. The molecule has 1 heterocycles. The Bertz CT molecular complexity index is 439. The average molecular weight is 296 g/mol. The molecule has 0 spiro atoms. The third-order valence-electron chi connectivity index (χ3n) is 2.56. The van der Waals surface area contributed by atoms with E-state index >= 15 is 0 Å². The highest BCUT2D eigenvalue weighted by molar-refractivity contribution is 9.10. The number of nitrogens with one attached hydrogen (secondary N) is 1. The Morgan fingerprint density at radius 3 is 2.81 bits per heavy atom. The number of hydrogen-bond acceptors (Lipinski definition) is 2. The van der Waals surface area contributed by atoms with Gasteiger partial charge in [0, 0.05) is 17.1 Å². The Kier molecular flexibility index (Phi) is 4.16. The smallest absolute Gasteiger partial charge is 0.0306 e. The second-order valence-corrected chi connectivity index (χ2v) is 5.39. The quantitative estimate of drug-likeness (QED) is 0.884. The average Bonchev–Trinajstić information content (AvgIpc) is 2.79. The normalized spacial score (nSPS) is 12.6. The Labute approximate surface area is 109 Å². The van der Waals surface area contributed by atoms with Crippen LogP contribution in [0.4, 0.5) is 0 Å². The van der Waals surface area contributed by atoms with Gasteiger partial charge < -0.3 is 5.32 Å². The second-order valence-electron chi connectivity index (χ2n) is 3.76. The third-order valence-corrected chi connectivity index (χ3v) is 4.02. The molecule has 2 aromatic rings. The second kappa shape index (κ2) is 5.62. The van der Waals surface area contributed by atoms with Crippen LogP contribution >= 0.6 is 27.3 Å². The van der Waals surface area contributed by atoms with Gasteiger partial charge >= 0.3 is 0 Å². The monoisotopic (exact) mass is 295 g/mol. The van der Waals surface area contributed by atoms with Crippen molar-refractivity contribution in [3.63, 3.8) is 0 Å². The van der Waals surface area contributed by atoms with Gasteiger partial charge in [0.1, 0.15) is 0 Å². The van der Waals surface area contributed by atoms with Crippen molar-refractivity contribution >= 4 is 27.3 Å². The molecule has 0 aliphatic rings. The largest absolute Gasteiger partial charge is 0.306 e. The van der Waals surface area contributed by atoms with Crippen LogP contribution in [0.25, 0.3) is 0 Å². The van der Waals surface area contributed by atoms with Gasteiger partial charge in [0.15, 0.2) is 0 Å². The van der Waals surface area contributed by atoms with Crippen LogP contribution in [-0.4, -0.2) is 0 Å². The van der Waals surface area contributed by atoms with E-state index in [9.17, 15) is 0 Å². The minimum absolute atomic E-state index is 0.357. The Morgan fingerprint density at radius 2 is 2.12 bits per heavy atom. The summed E-state index contributed by atoms with van der Waals surface area (Å²) < 4.78 is 1.17. The standard InChI is InChI=1S/C13H14BrNS/c1-10(12-4-2-3-5-13(12)14)15-8-11-6-7-16-9-11/h2-7,9-10,15H,8H2,1H3/t10-/m0/s1. The van der Waals surface area contributed by atoms with Crippen molar-refractivity contribution in [1.29, 1.82) is 0 Å². The zero-order valence-electron chi connectivity index (χ0n) is 9.11. The van der Waals surface area contributed by atoms with Gasteiger partial charge in [0.2, 0.25) is 0 Å². The highest BCUT2D eigenvalue weighted by Crippen LogP contribution is 2.23. The van der Waals surface area contributed by atoms with Crippen LogP contribution < -0.4 is 5.32 Å². The van der Waals surface area contributed by atoms with Crippen molar-refractivity contribution in [2.24, 2.45) is 0 Å². The van der Waals surface area contributed by atoms with Gasteiger partial charge in [-0.05, 0) is 40.9 Å². The first-order chi connectivity index (χ1) is 7.77. The fourth-order valence-corrected chi connectivity index (χ4v) is 2.90. The molecule has 0 radical (unpaired) electrons. The maximum Gasteiger partial charge on any atom is 0.0306 e. The van der Waals surface area contributed by atoms with Crippen LogP contribution in [0.3, 0.4) is 0 Å². The minimum atomic E-state index is 0.357. The van der Waals surface area contributed by atoms with E-state index in [1.165, 1.54) is 15.6 Å². The van der Waals surface area contributed by atoms with Crippen molar-refractivity contribution in [3.8, 4) is 0 Å². The lowest BCUT2D eigenvalue weighted by atomic mass is 10.1. The summed E-state index contributed by atoms with van der Waals surface area (Å²) in [7, 11) is 0. The van der Waals surface area contributed by atoms with Crippen LogP contribution in [0.15, 0.2) is 45.6 Å². The number of benzene rings is 1. The summed E-state index contributed by atoms with van der Waals surface area (Å²) in [6.07, 6.45) is 0. The number of rotatable bonds is 4. The van der Waals surface area contributed by atoms with Crippen molar-refractivity contribution in [3.05, 3.63) is 56.7 Å². The summed E-state index contributed by atoms with van der Waals surface area (Å²) in [6, 6.07) is 10.9. The van der Waals surface area contributed by atoms with Gasteiger partial charge in [-0.1, -0.05) is 34.1 Å². The molecular formula is C13H14BrNS. The van der Waals surface area contributed by atoms with Gasteiger partial charge in [-0.3, -0.25) is 0 Å². The highest BCUT2D eigenvalue weighted by atomic mass is 79.9. The fraction of sp³-hybridized carbons (Fsp3) is 0.231. The van der Waals surface area contributed by atoms with E-state index in [1.54, 1.807) is 11.3 Å². The molecule has 1 nitrogen and oxygen atoms in total. The van der Waals surface area contributed by atoms with E-state index in [1.807, 2.05) is 6.07 Å². The molecular weight excluding hydrogens is 282 g/mol. The zero-order valence-corrected chi connectivity index (χ0v) is 11.5. The first-order valence-corrected chi connectivity index (χ1v) is 7.00. The predicted octanol–water partition coefficient (Wildman–Crippen LogP) is 4.36. The summed E-state index contributed by atoms with van der Waals surface area (Å²) in [5, 5.41) is 7.81. The Balaban J connectivity index is 1.98. The maximum atomic E-state index is 3.58. The lowest BCUT2D eigenvalue weighted by Gasteiger charge is -2.15. The molecule has 1 atom stereocenters. The molecule has 1 aromatic heterocycles. The molecule has 16 heavy (non-hydrogen) atoms. The van der Waals surface area contributed by atoms with Gasteiger partial charge in [-0.2, -0.15) is 11.3 Å². The highest BCUT2D eigenvalue weighted by Gasteiger charge is 2.07. The molecule has 1 aromatic carbocycles. The van der Waals surface area contributed by atoms with Crippen molar-refractivity contribution in [2.45, 2.75) is 19.5 Å². The molecule has 3 heteroatoms. The fourth-order valence-electron chi connectivity index (χ4n) is 1.60. The molecule has 0 aliphatic heterocycles. The lowest BCUT2D eigenvalue weighted by molar-refractivity contribution is 0.573. The van der Waals surface area contributed by atoms with Gasteiger partial charge in [0.25, 0.3) is 0 Å². The summed E-state index contributed by atoms with van der Waals surface area (Å²) in [5.41, 5.74) is 2.65. The van der Waals surface area contributed by atoms with E-state index in [-0.39, 0.29) is 0 Å². The maximum absolute atomic E-state index is 3.58. The van der Waals surface area contributed by atoms with Crippen molar-refractivity contribution in [2.75, 3.05) is 0 Å². The molecule has 0 amide bonds.